The van der Waals surface area contributed by atoms with Gasteiger partial charge in [-0.2, -0.15) is 0 Å². The lowest BCUT2D eigenvalue weighted by Gasteiger charge is -2.46. The minimum absolute atomic E-state index is 0.0487. The number of nitrogens with one attached hydrogen (secondary N) is 1. The normalized spacial score (nSPS) is 33.9. The van der Waals surface area contributed by atoms with Gasteiger partial charge in [-0.15, -0.1) is 6.42 Å². The van der Waals surface area contributed by atoms with Crippen LogP contribution in [0.25, 0.3) is 0 Å². The second kappa shape index (κ2) is 3.90. The van der Waals surface area contributed by atoms with Crippen molar-refractivity contribution in [2.24, 2.45) is 5.73 Å². The molecule has 3 heteroatoms. The van der Waals surface area contributed by atoms with Crippen LogP contribution in [0.4, 0.5) is 0 Å². The average molecular weight is 168 g/mol. The molecule has 0 aliphatic heterocycles. The third kappa shape index (κ3) is 1.78. The molecule has 1 aliphatic carbocycles. The van der Waals surface area contributed by atoms with E-state index >= 15 is 0 Å². The maximum atomic E-state index is 5.64. The zero-order valence-electron chi connectivity index (χ0n) is 7.47. The molecule has 0 bridgehead atoms. The van der Waals surface area contributed by atoms with Crippen LogP contribution in [0.1, 0.15) is 12.8 Å². The molecule has 3 nitrogen and oxygen atoms in total. The van der Waals surface area contributed by atoms with Crippen LogP contribution in [-0.2, 0) is 4.74 Å². The predicted molar refractivity (Wildman–Crippen MR) is 48.7 cm³/mol. The van der Waals surface area contributed by atoms with Crippen LogP contribution >= 0.6 is 0 Å². The number of methoxy groups -OCH3 is 1. The van der Waals surface area contributed by atoms with Gasteiger partial charge in [0.25, 0.3) is 0 Å². The lowest BCUT2D eigenvalue weighted by Crippen LogP contribution is -2.62. The Bertz CT molecular complexity index is 179. The highest BCUT2D eigenvalue weighted by atomic mass is 16.5. The minimum atomic E-state index is 0.0487. The summed E-state index contributed by atoms with van der Waals surface area (Å²) in [6.45, 7) is 1.22. The van der Waals surface area contributed by atoms with Gasteiger partial charge in [0, 0.05) is 19.2 Å². The predicted octanol–water partition coefficient (Wildman–Crippen LogP) is -0.284. The Balaban J connectivity index is 2.32. The van der Waals surface area contributed by atoms with Crippen molar-refractivity contribution in [1.29, 1.82) is 0 Å². The Kier molecular flexibility index (Phi) is 3.10. The maximum Gasteiger partial charge on any atom is 0.0607 e. The van der Waals surface area contributed by atoms with E-state index in [1.807, 2.05) is 0 Å². The van der Waals surface area contributed by atoms with Crippen molar-refractivity contribution in [2.45, 2.75) is 24.5 Å². The van der Waals surface area contributed by atoms with Crippen molar-refractivity contribution in [1.82, 2.24) is 5.32 Å². The number of rotatable bonds is 4. The fourth-order valence-electron chi connectivity index (χ4n) is 1.60. The third-order valence-electron chi connectivity index (χ3n) is 2.53. The Morgan fingerprint density at radius 2 is 2.42 bits per heavy atom. The molecule has 1 fully saturated rings. The zero-order chi connectivity index (χ0) is 9.03. The minimum Gasteiger partial charge on any atom is -0.381 e. The van der Waals surface area contributed by atoms with E-state index in [1.54, 1.807) is 7.11 Å². The van der Waals surface area contributed by atoms with Gasteiger partial charge in [0.15, 0.2) is 0 Å². The molecule has 68 valence electrons. The van der Waals surface area contributed by atoms with Gasteiger partial charge in [0.05, 0.1) is 12.6 Å². The first-order chi connectivity index (χ1) is 5.76. The standard InChI is InChI=1S/C9H16N2O/c1-3-4-11-9(7-10)5-8(6-9)12-2/h1,8,11H,4-7,10H2,2H3. The zero-order valence-corrected chi connectivity index (χ0v) is 7.47. The number of nitrogens with two attached hydrogens (primary N) is 1. The van der Waals surface area contributed by atoms with Gasteiger partial charge in [-0.3, -0.25) is 5.32 Å². The Labute approximate surface area is 73.7 Å². The Morgan fingerprint density at radius 3 is 2.83 bits per heavy atom. The SMILES string of the molecule is C#CCNC1(CN)CC(OC)C1. The molecule has 1 rings (SSSR count). The molecule has 0 aromatic rings. The quantitative estimate of drug-likeness (QED) is 0.567. The molecular weight excluding hydrogens is 152 g/mol. The Hall–Kier alpha value is -0.560. The second-order valence-electron chi connectivity index (χ2n) is 3.31. The largest absolute Gasteiger partial charge is 0.381 e. The molecule has 1 saturated carbocycles. The summed E-state index contributed by atoms with van der Waals surface area (Å²) in [5.74, 6) is 2.55. The fourth-order valence-corrected chi connectivity index (χ4v) is 1.60. The molecule has 0 spiro atoms. The summed E-state index contributed by atoms with van der Waals surface area (Å²) in [6.07, 6.45) is 7.46. The van der Waals surface area contributed by atoms with Gasteiger partial charge >= 0.3 is 0 Å². The van der Waals surface area contributed by atoms with E-state index in [0.29, 0.717) is 19.2 Å². The molecule has 0 amide bonds. The average Bonchev–Trinajstić information content (AvgIpc) is 2.04. The van der Waals surface area contributed by atoms with Crippen molar-refractivity contribution in [3.05, 3.63) is 0 Å². The second-order valence-corrected chi connectivity index (χ2v) is 3.31. The molecule has 0 saturated heterocycles. The molecular formula is C9H16N2O. The summed E-state index contributed by atoms with van der Waals surface area (Å²) in [4.78, 5) is 0. The van der Waals surface area contributed by atoms with E-state index < -0.39 is 0 Å². The lowest BCUT2D eigenvalue weighted by molar-refractivity contribution is -0.0248. The molecule has 0 aromatic carbocycles. The van der Waals surface area contributed by atoms with Gasteiger partial charge in [-0.1, -0.05) is 5.92 Å². The van der Waals surface area contributed by atoms with E-state index in [1.165, 1.54) is 0 Å². The highest BCUT2D eigenvalue weighted by Gasteiger charge is 2.42. The van der Waals surface area contributed by atoms with Gasteiger partial charge in [0.1, 0.15) is 0 Å². The molecule has 0 radical (unpaired) electrons. The number of terminal acetylenes is 1. The first-order valence-electron chi connectivity index (χ1n) is 4.18. The van der Waals surface area contributed by atoms with Crippen molar-refractivity contribution in [2.75, 3.05) is 20.2 Å². The summed E-state index contributed by atoms with van der Waals surface area (Å²) in [5, 5.41) is 3.26. The molecule has 0 unspecified atom stereocenters. The van der Waals surface area contributed by atoms with Crippen LogP contribution < -0.4 is 11.1 Å². The van der Waals surface area contributed by atoms with Crippen LogP contribution in [0, 0.1) is 12.3 Å². The first-order valence-corrected chi connectivity index (χ1v) is 4.18. The third-order valence-corrected chi connectivity index (χ3v) is 2.53. The van der Waals surface area contributed by atoms with Gasteiger partial charge in [-0.05, 0) is 12.8 Å². The molecule has 12 heavy (non-hydrogen) atoms. The monoisotopic (exact) mass is 168 g/mol. The lowest BCUT2D eigenvalue weighted by atomic mass is 9.74. The molecule has 1 aliphatic rings. The molecule has 3 N–H and O–H groups in total. The van der Waals surface area contributed by atoms with Crippen molar-refractivity contribution < 1.29 is 4.74 Å². The van der Waals surface area contributed by atoms with Gasteiger partial charge < -0.3 is 10.5 Å². The van der Waals surface area contributed by atoms with E-state index in [0.717, 1.165) is 12.8 Å². The van der Waals surface area contributed by atoms with Crippen LogP contribution in [0.3, 0.4) is 0 Å². The summed E-state index contributed by atoms with van der Waals surface area (Å²) >= 11 is 0. The van der Waals surface area contributed by atoms with Crippen LogP contribution in [-0.4, -0.2) is 31.8 Å². The first kappa shape index (κ1) is 9.53. The van der Waals surface area contributed by atoms with Crippen molar-refractivity contribution in [3.8, 4) is 12.3 Å². The number of ether oxygens (including phenoxy) is 1. The summed E-state index contributed by atoms with van der Waals surface area (Å²) < 4.78 is 5.18. The van der Waals surface area contributed by atoms with E-state index in [2.05, 4.69) is 11.2 Å². The van der Waals surface area contributed by atoms with Crippen LogP contribution in [0.5, 0.6) is 0 Å². The number of hydrogen-bond acceptors (Lipinski definition) is 3. The van der Waals surface area contributed by atoms with Crippen LogP contribution in [0.15, 0.2) is 0 Å². The maximum absolute atomic E-state index is 5.64. The van der Waals surface area contributed by atoms with E-state index in [-0.39, 0.29) is 5.54 Å². The van der Waals surface area contributed by atoms with E-state index in [9.17, 15) is 0 Å². The fraction of sp³-hybridized carbons (Fsp3) is 0.778. The number of hydrogen-bond donors (Lipinski definition) is 2. The molecule has 0 aromatic heterocycles. The summed E-state index contributed by atoms with van der Waals surface area (Å²) in [7, 11) is 1.73. The highest BCUT2D eigenvalue weighted by Crippen LogP contribution is 2.32. The van der Waals surface area contributed by atoms with Gasteiger partial charge in [0.2, 0.25) is 0 Å². The van der Waals surface area contributed by atoms with Gasteiger partial charge in [-0.25, -0.2) is 0 Å². The van der Waals surface area contributed by atoms with Crippen LogP contribution in [0.2, 0.25) is 0 Å². The van der Waals surface area contributed by atoms with Crippen molar-refractivity contribution >= 4 is 0 Å². The Morgan fingerprint density at radius 1 is 1.75 bits per heavy atom. The van der Waals surface area contributed by atoms with Crippen molar-refractivity contribution in [3.63, 3.8) is 0 Å². The topological polar surface area (TPSA) is 47.3 Å². The molecule has 0 atom stereocenters. The summed E-state index contributed by atoms with van der Waals surface area (Å²) in [6, 6.07) is 0. The van der Waals surface area contributed by atoms with E-state index in [4.69, 9.17) is 16.9 Å². The summed E-state index contributed by atoms with van der Waals surface area (Å²) in [5.41, 5.74) is 5.69. The molecule has 0 heterocycles. The smallest absolute Gasteiger partial charge is 0.0607 e. The highest BCUT2D eigenvalue weighted by molar-refractivity contribution is 5.05.